The lowest BCUT2D eigenvalue weighted by molar-refractivity contribution is -0.148. The molecule has 0 saturated carbocycles. The van der Waals surface area contributed by atoms with Gasteiger partial charge >= 0.3 is 5.97 Å². The maximum atomic E-state index is 12.5. The van der Waals surface area contributed by atoms with Gasteiger partial charge in [0.2, 0.25) is 5.91 Å². The van der Waals surface area contributed by atoms with E-state index in [1.165, 1.54) is 6.92 Å². The number of carbonyl (C=O) groups is 2. The number of carbonyl (C=O) groups excluding carboxylic acids is 2. The molecule has 1 aromatic rings. The van der Waals surface area contributed by atoms with Crippen molar-refractivity contribution >= 4 is 11.9 Å². The number of rotatable bonds is 6. The third kappa shape index (κ3) is 4.37. The van der Waals surface area contributed by atoms with Crippen molar-refractivity contribution in [2.75, 3.05) is 27.4 Å². The Balaban J connectivity index is 2.07. The van der Waals surface area contributed by atoms with E-state index >= 15 is 0 Å². The predicted molar refractivity (Wildman–Crippen MR) is 84.3 cm³/mol. The molecule has 0 aliphatic carbocycles. The maximum absolute atomic E-state index is 12.5. The monoisotopic (exact) mass is 321 g/mol. The molecule has 1 amide bonds. The lowest BCUT2D eigenvalue weighted by atomic mass is 9.97. The van der Waals surface area contributed by atoms with Crippen LogP contribution in [0.1, 0.15) is 25.3 Å². The van der Waals surface area contributed by atoms with Crippen LogP contribution >= 0.6 is 0 Å². The van der Waals surface area contributed by atoms with Gasteiger partial charge in [0.15, 0.2) is 0 Å². The van der Waals surface area contributed by atoms with Crippen LogP contribution in [-0.4, -0.2) is 44.1 Å². The quantitative estimate of drug-likeness (QED) is 0.750. The molecule has 2 rings (SSSR count). The number of ether oxygens (including phenoxy) is 3. The molecule has 126 valence electrons. The highest BCUT2D eigenvalue weighted by molar-refractivity contribution is 5.80. The highest BCUT2D eigenvalue weighted by Gasteiger charge is 2.30. The summed E-state index contributed by atoms with van der Waals surface area (Å²) in [6, 6.07) is 5.56. The standard InChI is InChI=1S/C17H23NO5/c1-12(19)23-11-14-5-4-8-18(17(14)20)10-13-6-7-15(21-2)9-16(13)22-3/h6-7,9,14H,4-5,8,10-11H2,1-3H3. The first-order valence-corrected chi connectivity index (χ1v) is 7.68. The summed E-state index contributed by atoms with van der Waals surface area (Å²) in [6.07, 6.45) is 1.65. The van der Waals surface area contributed by atoms with Crippen molar-refractivity contribution in [1.82, 2.24) is 4.90 Å². The van der Waals surface area contributed by atoms with Crippen LogP contribution in [0.5, 0.6) is 11.5 Å². The minimum atomic E-state index is -0.355. The van der Waals surface area contributed by atoms with E-state index in [0.29, 0.717) is 24.6 Å². The average molecular weight is 321 g/mol. The number of likely N-dealkylation sites (tertiary alicyclic amines) is 1. The smallest absolute Gasteiger partial charge is 0.302 e. The molecule has 1 unspecified atom stereocenters. The minimum absolute atomic E-state index is 0.0235. The SMILES string of the molecule is COc1ccc(CN2CCCC(COC(C)=O)C2=O)c(OC)c1. The summed E-state index contributed by atoms with van der Waals surface area (Å²) in [4.78, 5) is 25.3. The van der Waals surface area contributed by atoms with Gasteiger partial charge in [-0.3, -0.25) is 9.59 Å². The van der Waals surface area contributed by atoms with Gasteiger partial charge in [0.25, 0.3) is 0 Å². The second-order valence-corrected chi connectivity index (χ2v) is 5.58. The van der Waals surface area contributed by atoms with Crippen LogP contribution < -0.4 is 9.47 Å². The summed E-state index contributed by atoms with van der Waals surface area (Å²) in [5.74, 6) is 0.821. The van der Waals surface area contributed by atoms with Gasteiger partial charge in [0.1, 0.15) is 18.1 Å². The fraction of sp³-hybridized carbons (Fsp3) is 0.529. The molecule has 6 nitrogen and oxygen atoms in total. The second-order valence-electron chi connectivity index (χ2n) is 5.58. The number of piperidine rings is 1. The van der Waals surface area contributed by atoms with Crippen LogP contribution in [-0.2, 0) is 20.9 Å². The third-order valence-corrected chi connectivity index (χ3v) is 3.98. The zero-order chi connectivity index (χ0) is 16.8. The molecule has 0 N–H and O–H groups in total. The number of nitrogens with zero attached hydrogens (tertiary/aromatic N) is 1. The number of hydrogen-bond acceptors (Lipinski definition) is 5. The lowest BCUT2D eigenvalue weighted by Crippen LogP contribution is -2.42. The van der Waals surface area contributed by atoms with E-state index in [4.69, 9.17) is 14.2 Å². The van der Waals surface area contributed by atoms with Crippen molar-refractivity contribution in [1.29, 1.82) is 0 Å². The first-order chi connectivity index (χ1) is 11.0. The summed E-state index contributed by atoms with van der Waals surface area (Å²) >= 11 is 0. The van der Waals surface area contributed by atoms with E-state index in [1.807, 2.05) is 12.1 Å². The third-order valence-electron chi connectivity index (χ3n) is 3.98. The van der Waals surface area contributed by atoms with Crippen LogP contribution in [0.2, 0.25) is 0 Å². The van der Waals surface area contributed by atoms with Crippen LogP contribution in [0.4, 0.5) is 0 Å². The summed E-state index contributed by atoms with van der Waals surface area (Å²) in [5.41, 5.74) is 0.926. The molecule has 1 saturated heterocycles. The Bertz CT molecular complexity index is 572. The molecule has 0 spiro atoms. The molecule has 1 aliphatic rings. The van der Waals surface area contributed by atoms with Gasteiger partial charge < -0.3 is 19.1 Å². The Hall–Kier alpha value is -2.24. The minimum Gasteiger partial charge on any atom is -0.497 e. The van der Waals surface area contributed by atoms with Gasteiger partial charge in [0, 0.05) is 31.6 Å². The highest BCUT2D eigenvalue weighted by atomic mass is 16.5. The molecule has 1 aliphatic heterocycles. The summed E-state index contributed by atoms with van der Waals surface area (Å²) in [7, 11) is 3.20. The van der Waals surface area contributed by atoms with Gasteiger partial charge in [-0.25, -0.2) is 0 Å². The van der Waals surface area contributed by atoms with E-state index in [0.717, 1.165) is 18.4 Å². The number of esters is 1. The van der Waals surface area contributed by atoms with Crippen LogP contribution in [0.3, 0.4) is 0 Å². The van der Waals surface area contributed by atoms with Crippen molar-refractivity contribution in [2.24, 2.45) is 5.92 Å². The summed E-state index contributed by atoms with van der Waals surface area (Å²) < 4.78 is 15.6. The Morgan fingerprint density at radius 3 is 2.74 bits per heavy atom. The van der Waals surface area contributed by atoms with Crippen molar-refractivity contribution in [3.05, 3.63) is 23.8 Å². The van der Waals surface area contributed by atoms with E-state index in [2.05, 4.69) is 0 Å². The van der Waals surface area contributed by atoms with Crippen LogP contribution in [0.15, 0.2) is 18.2 Å². The van der Waals surface area contributed by atoms with Crippen molar-refractivity contribution < 1.29 is 23.8 Å². The van der Waals surface area contributed by atoms with Crippen LogP contribution in [0.25, 0.3) is 0 Å². The van der Waals surface area contributed by atoms with Gasteiger partial charge in [-0.1, -0.05) is 0 Å². The Kier molecular flexibility index (Phi) is 5.84. The fourth-order valence-corrected chi connectivity index (χ4v) is 2.74. The Morgan fingerprint density at radius 1 is 1.30 bits per heavy atom. The van der Waals surface area contributed by atoms with Gasteiger partial charge in [0.05, 0.1) is 20.1 Å². The molecular weight excluding hydrogens is 298 g/mol. The normalized spacial score (nSPS) is 17.8. The Labute approximate surface area is 136 Å². The second kappa shape index (κ2) is 7.85. The van der Waals surface area contributed by atoms with Gasteiger partial charge in [-0.05, 0) is 25.0 Å². The van der Waals surface area contributed by atoms with Crippen molar-refractivity contribution in [2.45, 2.75) is 26.3 Å². The topological polar surface area (TPSA) is 65.1 Å². The van der Waals surface area contributed by atoms with Gasteiger partial charge in [-0.2, -0.15) is 0 Å². The van der Waals surface area contributed by atoms with E-state index in [1.54, 1.807) is 25.2 Å². The molecule has 1 fully saturated rings. The molecule has 1 aromatic carbocycles. The predicted octanol–water partition coefficient (Wildman–Crippen LogP) is 2.01. The first kappa shape index (κ1) is 17.1. The maximum Gasteiger partial charge on any atom is 0.302 e. The molecule has 0 bridgehead atoms. The molecule has 6 heteroatoms. The van der Waals surface area contributed by atoms with E-state index < -0.39 is 0 Å². The van der Waals surface area contributed by atoms with E-state index in [-0.39, 0.29) is 24.4 Å². The number of amides is 1. The average Bonchev–Trinajstić information content (AvgIpc) is 2.55. The van der Waals surface area contributed by atoms with Gasteiger partial charge in [-0.15, -0.1) is 0 Å². The van der Waals surface area contributed by atoms with Crippen molar-refractivity contribution in [3.8, 4) is 11.5 Å². The number of methoxy groups -OCH3 is 2. The molecular formula is C17H23NO5. The van der Waals surface area contributed by atoms with E-state index in [9.17, 15) is 9.59 Å². The largest absolute Gasteiger partial charge is 0.497 e. The number of benzene rings is 1. The molecule has 0 aromatic heterocycles. The molecule has 1 heterocycles. The van der Waals surface area contributed by atoms with Crippen molar-refractivity contribution in [3.63, 3.8) is 0 Å². The Morgan fingerprint density at radius 2 is 2.09 bits per heavy atom. The fourth-order valence-electron chi connectivity index (χ4n) is 2.74. The zero-order valence-electron chi connectivity index (χ0n) is 13.8. The highest BCUT2D eigenvalue weighted by Crippen LogP contribution is 2.28. The summed E-state index contributed by atoms with van der Waals surface area (Å²) in [6.45, 7) is 2.69. The zero-order valence-corrected chi connectivity index (χ0v) is 13.8. The summed E-state index contributed by atoms with van der Waals surface area (Å²) in [5, 5.41) is 0. The van der Waals surface area contributed by atoms with Crippen LogP contribution in [0, 0.1) is 5.92 Å². The molecule has 1 atom stereocenters. The number of hydrogen-bond donors (Lipinski definition) is 0. The first-order valence-electron chi connectivity index (χ1n) is 7.68. The molecule has 0 radical (unpaired) electrons. The molecule has 23 heavy (non-hydrogen) atoms. The lowest BCUT2D eigenvalue weighted by Gasteiger charge is -2.32.